The predicted octanol–water partition coefficient (Wildman–Crippen LogP) is 13.2. The highest BCUT2D eigenvalue weighted by atomic mass is 16.3. The van der Waals surface area contributed by atoms with Crippen LogP contribution in [0.3, 0.4) is 0 Å². The van der Waals surface area contributed by atoms with Gasteiger partial charge in [0.25, 0.3) is 0 Å². The van der Waals surface area contributed by atoms with E-state index in [9.17, 15) is 0 Å². The minimum Gasteiger partial charge on any atom is -0.455 e. The summed E-state index contributed by atoms with van der Waals surface area (Å²) in [5.74, 6) is 0. The molecule has 0 N–H and O–H groups in total. The Morgan fingerprint density at radius 1 is 0.333 bits per heavy atom. The molecule has 0 radical (unpaired) electrons. The average Bonchev–Trinajstić information content (AvgIpc) is 3.56. The highest BCUT2D eigenvalue weighted by Crippen LogP contribution is 2.52. The number of nitrogens with zero attached hydrogens (tertiary/aromatic N) is 1. The molecule has 48 heavy (non-hydrogen) atoms. The second-order valence-corrected chi connectivity index (χ2v) is 12.1. The molecule has 0 amide bonds. The van der Waals surface area contributed by atoms with Gasteiger partial charge in [-0.3, -0.25) is 0 Å². The van der Waals surface area contributed by atoms with Crippen LogP contribution in [0.15, 0.2) is 192 Å². The minimum atomic E-state index is 0.878. The molecule has 0 fully saturated rings. The Kier molecular flexibility index (Phi) is 6.84. The Labute approximate surface area is 279 Å². The van der Waals surface area contributed by atoms with Crippen LogP contribution in [0.1, 0.15) is 0 Å². The van der Waals surface area contributed by atoms with Gasteiger partial charge in [-0.15, -0.1) is 0 Å². The number of benzene rings is 8. The first-order valence-corrected chi connectivity index (χ1v) is 16.4. The molecule has 1 heterocycles. The maximum Gasteiger partial charge on any atom is 0.145 e. The van der Waals surface area contributed by atoms with Gasteiger partial charge in [0.2, 0.25) is 0 Å². The summed E-state index contributed by atoms with van der Waals surface area (Å²) in [7, 11) is 0. The van der Waals surface area contributed by atoms with E-state index in [1.807, 2.05) is 6.07 Å². The van der Waals surface area contributed by atoms with Gasteiger partial charge in [0.15, 0.2) is 0 Å². The molecule has 0 atom stereocenters. The summed E-state index contributed by atoms with van der Waals surface area (Å²) in [6.45, 7) is 0. The molecule has 0 saturated heterocycles. The summed E-state index contributed by atoms with van der Waals surface area (Å²) in [4.78, 5) is 2.42. The minimum absolute atomic E-state index is 0.878. The van der Waals surface area contributed by atoms with E-state index < -0.39 is 0 Å². The van der Waals surface area contributed by atoms with Crippen molar-refractivity contribution in [1.82, 2.24) is 0 Å². The normalized spacial score (nSPS) is 11.3. The molecule has 9 aromatic rings. The molecule has 9 rings (SSSR count). The molecule has 2 heteroatoms. The number of para-hydroxylation sites is 1. The van der Waals surface area contributed by atoms with E-state index in [-0.39, 0.29) is 0 Å². The molecule has 0 aliphatic rings. The van der Waals surface area contributed by atoms with Gasteiger partial charge in [0.1, 0.15) is 11.2 Å². The topological polar surface area (TPSA) is 16.4 Å². The number of fused-ring (bicyclic) bond motifs is 5. The van der Waals surface area contributed by atoms with Gasteiger partial charge in [-0.1, -0.05) is 158 Å². The van der Waals surface area contributed by atoms with E-state index in [0.29, 0.717) is 0 Å². The summed E-state index contributed by atoms with van der Waals surface area (Å²) in [6, 6.07) is 66.8. The first kappa shape index (κ1) is 27.9. The van der Waals surface area contributed by atoms with Crippen molar-refractivity contribution in [3.05, 3.63) is 188 Å². The second kappa shape index (κ2) is 11.8. The smallest absolute Gasteiger partial charge is 0.145 e. The van der Waals surface area contributed by atoms with Crippen molar-refractivity contribution in [3.8, 4) is 33.4 Å². The first-order valence-electron chi connectivity index (χ1n) is 16.4. The summed E-state index contributed by atoms with van der Waals surface area (Å²) in [5.41, 5.74) is 12.1. The number of furan rings is 1. The fourth-order valence-electron chi connectivity index (χ4n) is 7.02. The maximum atomic E-state index is 6.75. The van der Waals surface area contributed by atoms with Crippen molar-refractivity contribution < 1.29 is 4.42 Å². The fourth-order valence-corrected chi connectivity index (χ4v) is 7.02. The Bertz CT molecular complexity index is 2430. The van der Waals surface area contributed by atoms with Gasteiger partial charge in [-0.25, -0.2) is 0 Å². The zero-order valence-electron chi connectivity index (χ0n) is 26.3. The SMILES string of the molecule is c1ccc(-c2ccc(N(c3ccc(-c4ccccc4)cc3)c3c(-c4ccccc4)c4ccccc4c4oc5ccccc5c34)cc2)cc1. The van der Waals surface area contributed by atoms with Gasteiger partial charge >= 0.3 is 0 Å². The van der Waals surface area contributed by atoms with Crippen molar-refractivity contribution in [3.63, 3.8) is 0 Å². The molecule has 226 valence electrons. The van der Waals surface area contributed by atoms with Crippen LogP contribution in [0.2, 0.25) is 0 Å². The van der Waals surface area contributed by atoms with E-state index in [0.717, 1.165) is 55.3 Å². The van der Waals surface area contributed by atoms with Crippen LogP contribution in [-0.2, 0) is 0 Å². The predicted molar refractivity (Wildman–Crippen MR) is 202 cm³/mol. The monoisotopic (exact) mass is 613 g/mol. The molecule has 8 aromatic carbocycles. The molecule has 0 saturated carbocycles. The van der Waals surface area contributed by atoms with E-state index >= 15 is 0 Å². The molecular weight excluding hydrogens is 583 g/mol. The summed E-state index contributed by atoms with van der Waals surface area (Å²) in [5, 5.41) is 4.45. The lowest BCUT2D eigenvalue weighted by Gasteiger charge is -2.30. The van der Waals surface area contributed by atoms with Crippen molar-refractivity contribution in [1.29, 1.82) is 0 Å². The molecule has 0 aliphatic heterocycles. The standard InChI is InChI=1S/C46H31NO/c1-4-14-32(15-5-1)34-24-28-37(29-25-34)47(38-30-26-35(27-31-38)33-16-6-2-7-17-33)45-43(36-18-8-3-9-19-36)39-20-10-11-21-40(39)46-44(45)41-22-12-13-23-42(41)48-46/h1-31H. The number of hydrogen-bond acceptors (Lipinski definition) is 2. The van der Waals surface area contributed by atoms with Crippen LogP contribution >= 0.6 is 0 Å². The van der Waals surface area contributed by atoms with Crippen LogP contribution in [-0.4, -0.2) is 0 Å². The third-order valence-corrected chi connectivity index (χ3v) is 9.26. The highest BCUT2D eigenvalue weighted by molar-refractivity contribution is 6.27. The zero-order chi connectivity index (χ0) is 31.9. The Morgan fingerprint density at radius 3 is 1.29 bits per heavy atom. The van der Waals surface area contributed by atoms with Gasteiger partial charge in [0, 0.05) is 27.7 Å². The average molecular weight is 614 g/mol. The van der Waals surface area contributed by atoms with Gasteiger partial charge in [0.05, 0.1) is 11.1 Å². The van der Waals surface area contributed by atoms with E-state index in [4.69, 9.17) is 4.42 Å². The largest absolute Gasteiger partial charge is 0.455 e. The Balaban J connectivity index is 1.38. The highest BCUT2D eigenvalue weighted by Gasteiger charge is 2.27. The van der Waals surface area contributed by atoms with Gasteiger partial charge in [-0.2, -0.15) is 0 Å². The number of hydrogen-bond donors (Lipinski definition) is 0. The second-order valence-electron chi connectivity index (χ2n) is 12.1. The first-order chi connectivity index (χ1) is 23.8. The molecule has 2 nitrogen and oxygen atoms in total. The molecule has 0 spiro atoms. The summed E-state index contributed by atoms with van der Waals surface area (Å²) >= 11 is 0. The van der Waals surface area contributed by atoms with Crippen LogP contribution in [0.25, 0.3) is 66.1 Å². The Morgan fingerprint density at radius 2 is 0.750 bits per heavy atom. The molecule has 1 aromatic heterocycles. The van der Waals surface area contributed by atoms with Crippen LogP contribution in [0.4, 0.5) is 17.1 Å². The lowest BCUT2D eigenvalue weighted by Crippen LogP contribution is -2.12. The van der Waals surface area contributed by atoms with Gasteiger partial charge in [-0.05, 0) is 63.5 Å². The van der Waals surface area contributed by atoms with Crippen molar-refractivity contribution in [2.45, 2.75) is 0 Å². The lowest BCUT2D eigenvalue weighted by molar-refractivity contribution is 0.672. The molecule has 0 bridgehead atoms. The summed E-state index contributed by atoms with van der Waals surface area (Å²) < 4.78 is 6.75. The van der Waals surface area contributed by atoms with E-state index in [2.05, 4.69) is 187 Å². The summed E-state index contributed by atoms with van der Waals surface area (Å²) in [6.07, 6.45) is 0. The van der Waals surface area contributed by atoms with Crippen LogP contribution in [0.5, 0.6) is 0 Å². The maximum absolute atomic E-state index is 6.75. The van der Waals surface area contributed by atoms with Crippen LogP contribution in [0, 0.1) is 0 Å². The number of anilines is 3. The quantitative estimate of drug-likeness (QED) is 0.185. The zero-order valence-corrected chi connectivity index (χ0v) is 26.3. The molecule has 0 unspecified atom stereocenters. The fraction of sp³-hybridized carbons (Fsp3) is 0. The Hall–Kier alpha value is -6.38. The third kappa shape index (κ3) is 4.74. The van der Waals surface area contributed by atoms with E-state index in [1.165, 1.54) is 27.8 Å². The lowest BCUT2D eigenvalue weighted by atomic mass is 9.91. The van der Waals surface area contributed by atoms with Crippen molar-refractivity contribution in [2.24, 2.45) is 0 Å². The van der Waals surface area contributed by atoms with Gasteiger partial charge < -0.3 is 9.32 Å². The molecule has 0 aliphatic carbocycles. The molecular formula is C46H31NO. The third-order valence-electron chi connectivity index (χ3n) is 9.26. The van der Waals surface area contributed by atoms with Crippen molar-refractivity contribution in [2.75, 3.05) is 4.90 Å². The van der Waals surface area contributed by atoms with Crippen molar-refractivity contribution >= 4 is 49.8 Å². The number of rotatable bonds is 6. The van der Waals surface area contributed by atoms with E-state index in [1.54, 1.807) is 0 Å². The van der Waals surface area contributed by atoms with Crippen LogP contribution < -0.4 is 4.90 Å².